The highest BCUT2D eigenvalue weighted by atomic mass is 32.1. The molecule has 3 heterocycles. The van der Waals surface area contributed by atoms with Gasteiger partial charge in [-0.25, -0.2) is 9.18 Å². The van der Waals surface area contributed by atoms with E-state index in [1.54, 1.807) is 32.9 Å². The number of pyridine rings is 1. The number of aromatic nitrogens is 3. The molecule has 11 heteroatoms. The van der Waals surface area contributed by atoms with Crippen LogP contribution in [0.2, 0.25) is 0 Å². The first-order valence-electron chi connectivity index (χ1n) is 13.0. The fourth-order valence-corrected chi connectivity index (χ4v) is 5.13. The number of benzene rings is 2. The molecule has 5 rings (SSSR count). The molecule has 5 aromatic rings. The van der Waals surface area contributed by atoms with Crippen molar-refractivity contribution >= 4 is 38.4 Å². The molecule has 3 aromatic heterocycles. The fourth-order valence-electron chi connectivity index (χ4n) is 4.23. The second-order valence-electron chi connectivity index (χ2n) is 10.2. The number of carbonyl (C=O) groups excluding carboxylic acids is 1. The summed E-state index contributed by atoms with van der Waals surface area (Å²) < 4.78 is 31.7. The first kappa shape index (κ1) is 28.2. The van der Waals surface area contributed by atoms with Gasteiger partial charge in [-0.1, -0.05) is 6.07 Å². The molecule has 0 atom stereocenters. The number of rotatable bonds is 9. The quantitative estimate of drug-likeness (QED) is 0.209. The van der Waals surface area contributed by atoms with E-state index in [1.807, 2.05) is 29.6 Å². The molecule has 1 amide bonds. The fraction of sp³-hybridized carbons (Fsp3) is 0.267. The Morgan fingerprint density at radius 2 is 1.83 bits per heavy atom. The Hall–Kier alpha value is -4.35. The molecule has 0 aliphatic rings. The first-order valence-corrected chi connectivity index (χ1v) is 13.9. The van der Waals surface area contributed by atoms with Crippen molar-refractivity contribution in [1.29, 1.82) is 0 Å². The Labute approximate surface area is 239 Å². The maximum Gasteiger partial charge on any atom is 0.407 e. The summed E-state index contributed by atoms with van der Waals surface area (Å²) >= 11 is 1.51. The number of thiophene rings is 1. The van der Waals surface area contributed by atoms with Crippen molar-refractivity contribution in [3.63, 3.8) is 0 Å². The molecule has 0 radical (unpaired) electrons. The van der Waals surface area contributed by atoms with Crippen molar-refractivity contribution in [3.8, 4) is 28.3 Å². The van der Waals surface area contributed by atoms with E-state index in [0.717, 1.165) is 26.6 Å². The van der Waals surface area contributed by atoms with Crippen LogP contribution in [0.5, 0.6) is 5.75 Å². The standard InChI is InChI=1S/C30H29FN4O5S/c1-30(2,3)40-29(37)32-11-12-38-13-14-39-24-17-20(31)6-7-21(24)27-28-22(10-15-41-28)26(34-35-27)19-4-8-23-18(16-19)5-9-25(36)33-23/h4-10,15-17H,11-14H2,1-3H3,(H,32,37)(H,33,36). The average Bonchev–Trinajstić information content (AvgIpc) is 3.41. The molecule has 212 valence electrons. The summed E-state index contributed by atoms with van der Waals surface area (Å²) in [4.78, 5) is 26.2. The van der Waals surface area contributed by atoms with Crippen molar-refractivity contribution in [2.45, 2.75) is 26.4 Å². The zero-order valence-electron chi connectivity index (χ0n) is 22.8. The van der Waals surface area contributed by atoms with Crippen LogP contribution >= 0.6 is 11.3 Å². The number of hydrogen-bond donors (Lipinski definition) is 2. The molecule has 0 spiro atoms. The lowest BCUT2D eigenvalue weighted by Gasteiger charge is -2.19. The number of H-pyrrole nitrogens is 1. The summed E-state index contributed by atoms with van der Waals surface area (Å²) in [6, 6.07) is 15.3. The van der Waals surface area contributed by atoms with E-state index in [1.165, 1.54) is 29.5 Å². The molecule has 0 aliphatic heterocycles. The van der Waals surface area contributed by atoms with Crippen LogP contribution in [0.3, 0.4) is 0 Å². The van der Waals surface area contributed by atoms with E-state index in [-0.39, 0.29) is 31.9 Å². The van der Waals surface area contributed by atoms with Crippen LogP contribution in [0.4, 0.5) is 9.18 Å². The van der Waals surface area contributed by atoms with Gasteiger partial charge < -0.3 is 24.5 Å². The zero-order chi connectivity index (χ0) is 29.0. The van der Waals surface area contributed by atoms with Crippen LogP contribution in [0.25, 0.3) is 43.5 Å². The predicted molar refractivity (Wildman–Crippen MR) is 157 cm³/mol. The van der Waals surface area contributed by atoms with Crippen molar-refractivity contribution in [1.82, 2.24) is 20.5 Å². The molecule has 0 saturated heterocycles. The van der Waals surface area contributed by atoms with Gasteiger partial charge in [-0.15, -0.1) is 21.5 Å². The van der Waals surface area contributed by atoms with Gasteiger partial charge in [0.2, 0.25) is 5.56 Å². The SMILES string of the molecule is CC(C)(C)OC(=O)NCCOCCOc1cc(F)ccc1-c1nnc(-c2ccc3[nH]c(=O)ccc3c2)c2ccsc12. The van der Waals surface area contributed by atoms with Gasteiger partial charge in [-0.05, 0) is 67.9 Å². The van der Waals surface area contributed by atoms with Gasteiger partial charge in [0.25, 0.3) is 0 Å². The number of alkyl carbamates (subject to hydrolysis) is 1. The highest BCUT2D eigenvalue weighted by molar-refractivity contribution is 7.17. The number of ether oxygens (including phenoxy) is 3. The third-order valence-corrected chi connectivity index (χ3v) is 6.90. The van der Waals surface area contributed by atoms with Gasteiger partial charge in [0.05, 0.1) is 17.9 Å². The second-order valence-corrected chi connectivity index (χ2v) is 11.1. The van der Waals surface area contributed by atoms with Crippen LogP contribution in [0.15, 0.2) is 64.8 Å². The maximum absolute atomic E-state index is 14.2. The zero-order valence-corrected chi connectivity index (χ0v) is 23.6. The minimum Gasteiger partial charge on any atom is -0.490 e. The van der Waals surface area contributed by atoms with Crippen LogP contribution in [-0.2, 0) is 9.47 Å². The number of nitrogens with zero attached hydrogens (tertiary/aromatic N) is 2. The smallest absolute Gasteiger partial charge is 0.407 e. The lowest BCUT2D eigenvalue weighted by Crippen LogP contribution is -2.34. The largest absolute Gasteiger partial charge is 0.490 e. The van der Waals surface area contributed by atoms with Gasteiger partial charge in [0.1, 0.15) is 35.2 Å². The highest BCUT2D eigenvalue weighted by Crippen LogP contribution is 2.39. The Morgan fingerprint density at radius 1 is 1.00 bits per heavy atom. The molecule has 0 fully saturated rings. The van der Waals surface area contributed by atoms with E-state index in [0.29, 0.717) is 22.7 Å². The Bertz CT molecular complexity index is 1760. The van der Waals surface area contributed by atoms with Crippen molar-refractivity contribution in [2.75, 3.05) is 26.4 Å². The molecule has 41 heavy (non-hydrogen) atoms. The molecule has 0 unspecified atom stereocenters. The summed E-state index contributed by atoms with van der Waals surface area (Å²) in [7, 11) is 0. The summed E-state index contributed by atoms with van der Waals surface area (Å²) in [6.45, 7) is 6.33. The highest BCUT2D eigenvalue weighted by Gasteiger charge is 2.18. The van der Waals surface area contributed by atoms with Gasteiger partial charge in [-0.3, -0.25) is 4.79 Å². The number of carbonyl (C=O) groups is 1. The first-order chi connectivity index (χ1) is 19.7. The molecule has 0 saturated carbocycles. The van der Waals surface area contributed by atoms with Gasteiger partial charge in [0, 0.05) is 40.7 Å². The molecular weight excluding hydrogens is 547 g/mol. The number of amides is 1. The maximum atomic E-state index is 14.2. The lowest BCUT2D eigenvalue weighted by atomic mass is 10.0. The third-order valence-electron chi connectivity index (χ3n) is 5.98. The van der Waals surface area contributed by atoms with Crippen molar-refractivity contribution < 1.29 is 23.4 Å². The number of halogens is 1. The van der Waals surface area contributed by atoms with Crippen molar-refractivity contribution in [2.24, 2.45) is 0 Å². The van der Waals surface area contributed by atoms with E-state index >= 15 is 0 Å². The summed E-state index contributed by atoms with van der Waals surface area (Å²) in [5.74, 6) is -0.112. The second kappa shape index (κ2) is 12.0. The Morgan fingerprint density at radius 3 is 2.66 bits per heavy atom. The summed E-state index contributed by atoms with van der Waals surface area (Å²) in [5, 5.41) is 15.5. The van der Waals surface area contributed by atoms with Crippen LogP contribution in [0.1, 0.15) is 20.8 Å². The van der Waals surface area contributed by atoms with E-state index in [9.17, 15) is 14.0 Å². The van der Waals surface area contributed by atoms with Gasteiger partial charge >= 0.3 is 6.09 Å². The Balaban J connectivity index is 1.29. The van der Waals surface area contributed by atoms with Gasteiger partial charge in [0.15, 0.2) is 0 Å². The molecular formula is C30H29FN4O5S. The number of aromatic amines is 1. The van der Waals surface area contributed by atoms with Crippen LogP contribution < -0.4 is 15.6 Å². The van der Waals surface area contributed by atoms with Crippen LogP contribution in [0, 0.1) is 5.82 Å². The van der Waals surface area contributed by atoms with E-state index in [2.05, 4.69) is 20.5 Å². The molecule has 0 bridgehead atoms. The van der Waals surface area contributed by atoms with Crippen molar-refractivity contribution in [3.05, 3.63) is 76.1 Å². The van der Waals surface area contributed by atoms with E-state index in [4.69, 9.17) is 14.2 Å². The predicted octanol–water partition coefficient (Wildman–Crippen LogP) is 5.93. The lowest BCUT2D eigenvalue weighted by molar-refractivity contribution is 0.0489. The topological polar surface area (TPSA) is 115 Å². The normalized spacial score (nSPS) is 11.6. The minimum atomic E-state index is -0.570. The van der Waals surface area contributed by atoms with Crippen LogP contribution in [-0.4, -0.2) is 53.2 Å². The number of fused-ring (bicyclic) bond motifs is 2. The molecule has 2 aromatic carbocycles. The van der Waals surface area contributed by atoms with E-state index < -0.39 is 17.5 Å². The third kappa shape index (κ3) is 6.87. The Kier molecular flexibility index (Phi) is 8.27. The summed E-state index contributed by atoms with van der Waals surface area (Å²) in [6.07, 6.45) is -0.509. The minimum absolute atomic E-state index is 0.159. The average molecular weight is 577 g/mol. The number of hydrogen-bond acceptors (Lipinski definition) is 8. The molecule has 9 nitrogen and oxygen atoms in total. The number of nitrogens with one attached hydrogen (secondary N) is 2. The monoisotopic (exact) mass is 576 g/mol. The van der Waals surface area contributed by atoms with Gasteiger partial charge in [-0.2, -0.15) is 0 Å². The molecule has 2 N–H and O–H groups in total. The molecule has 0 aliphatic carbocycles. The summed E-state index contributed by atoms with van der Waals surface area (Å²) in [5.41, 5.74) is 2.77.